The van der Waals surface area contributed by atoms with E-state index in [0.717, 1.165) is 30.8 Å². The first kappa shape index (κ1) is 46.7. The van der Waals surface area contributed by atoms with Crippen molar-refractivity contribution >= 4 is 0 Å². The van der Waals surface area contributed by atoms with Crippen LogP contribution in [0.1, 0.15) is 24.0 Å². The second kappa shape index (κ2) is 36.9. The molecule has 0 spiro atoms. The topological polar surface area (TPSA) is 143 Å². The van der Waals surface area contributed by atoms with E-state index in [2.05, 4.69) is 56.6 Å². The van der Waals surface area contributed by atoms with Gasteiger partial charge in [-0.05, 0) is 25.9 Å². The fourth-order valence-electron chi connectivity index (χ4n) is 2.89. The van der Waals surface area contributed by atoms with Crippen LogP contribution in [0.2, 0.25) is 0 Å². The van der Waals surface area contributed by atoms with Crippen LogP contribution in [0.4, 0.5) is 0 Å². The summed E-state index contributed by atoms with van der Waals surface area (Å²) in [6.45, 7) is 30.0. The maximum atomic E-state index is 11.2. The largest absolute Gasteiger partial charge is 3.00 e. The molecular formula is C26H21Co2NO7+6. The number of likely N-dealkylation sites (tertiary alicyclic amines) is 1. The molecule has 0 amide bonds. The van der Waals surface area contributed by atoms with Gasteiger partial charge in [0.1, 0.15) is 0 Å². The van der Waals surface area contributed by atoms with Crippen molar-refractivity contribution in [3.63, 3.8) is 0 Å². The Balaban J connectivity index is -0.000000142. The summed E-state index contributed by atoms with van der Waals surface area (Å²) < 4.78 is 45.0. The van der Waals surface area contributed by atoms with Crippen LogP contribution in [0.3, 0.4) is 0 Å². The summed E-state index contributed by atoms with van der Waals surface area (Å²) in [7, 11) is 0. The van der Waals surface area contributed by atoms with Gasteiger partial charge in [0.2, 0.25) is 0 Å². The third-order valence-electron chi connectivity index (χ3n) is 4.15. The van der Waals surface area contributed by atoms with Crippen LogP contribution in [-0.2, 0) is 67.1 Å². The molecule has 0 unspecified atom stereocenters. The molecule has 1 heterocycles. The monoisotopic (exact) mass is 577 g/mol. The summed E-state index contributed by atoms with van der Waals surface area (Å²) in [6, 6.07) is 19.4. The third kappa shape index (κ3) is 18.7. The van der Waals surface area contributed by atoms with Crippen LogP contribution in [0.5, 0.6) is 0 Å². The molecule has 0 saturated carbocycles. The SMILES string of the molecule is OC(C#CCN1CCCC1)(c1ccccc1)c1ccccc1.[C-]#[O+].[C-]#[O+].[C-]#[O+].[C-]#[O+].[C-]#[O+].[C-]#[O+].[Co+3].[Co+3]. The Kier molecular flexibility index (Phi) is 47.9. The first-order valence-electron chi connectivity index (χ1n) is 9.07. The zero-order chi connectivity index (χ0) is 27.3. The van der Waals surface area contributed by atoms with Crippen LogP contribution in [0, 0.1) is 51.7 Å². The van der Waals surface area contributed by atoms with E-state index in [1.807, 2.05) is 60.7 Å². The molecule has 2 aromatic carbocycles. The van der Waals surface area contributed by atoms with E-state index in [1.54, 1.807) is 0 Å². The average molecular weight is 577 g/mol. The van der Waals surface area contributed by atoms with Gasteiger partial charge in [-0.2, -0.15) is 0 Å². The van der Waals surface area contributed by atoms with Gasteiger partial charge in [-0.15, -0.1) is 0 Å². The number of hydrogen-bond acceptors (Lipinski definition) is 2. The molecule has 0 bridgehead atoms. The van der Waals surface area contributed by atoms with Crippen molar-refractivity contribution in [3.05, 3.63) is 112 Å². The van der Waals surface area contributed by atoms with Gasteiger partial charge < -0.3 is 5.11 Å². The molecule has 10 heteroatoms. The Morgan fingerprint density at radius 1 is 0.639 bits per heavy atom. The van der Waals surface area contributed by atoms with Crippen molar-refractivity contribution < 1.29 is 66.6 Å². The molecule has 1 aliphatic heterocycles. The molecular weight excluding hydrogens is 556 g/mol. The Morgan fingerprint density at radius 3 is 1.25 bits per heavy atom. The van der Waals surface area contributed by atoms with E-state index in [0.29, 0.717) is 0 Å². The van der Waals surface area contributed by atoms with Gasteiger partial charge in [-0.3, -0.25) is 4.90 Å². The van der Waals surface area contributed by atoms with Gasteiger partial charge >= 0.3 is 101 Å². The molecule has 1 aliphatic rings. The summed E-state index contributed by atoms with van der Waals surface area (Å²) >= 11 is 0. The van der Waals surface area contributed by atoms with Gasteiger partial charge in [0.05, 0.1) is 6.54 Å². The van der Waals surface area contributed by atoms with E-state index >= 15 is 0 Å². The number of aliphatic hydroxyl groups is 1. The Labute approximate surface area is 232 Å². The van der Waals surface area contributed by atoms with Gasteiger partial charge in [0.25, 0.3) is 0 Å². The minimum Gasteiger partial charge on any atom is 3.00 e. The van der Waals surface area contributed by atoms with Gasteiger partial charge in [0.15, 0.2) is 5.60 Å². The van der Waals surface area contributed by atoms with Crippen molar-refractivity contribution in [3.8, 4) is 11.8 Å². The average Bonchev–Trinajstić information content (AvgIpc) is 3.50. The predicted molar refractivity (Wildman–Crippen MR) is 113 cm³/mol. The standard InChI is InChI=1S/C20H21NO.6CO.2Co/c22-20(18-10-3-1-4-11-18,19-12-5-2-6-13-19)14-9-17-21-15-7-8-16-21;6*1-2;;/h1-6,10-13,22H,7-8,15-17H2;;;;;;;;/q;;;;;;;2*+3. The smallest absolute Gasteiger partial charge is 3.00 e. The van der Waals surface area contributed by atoms with Crippen LogP contribution in [0.25, 0.3) is 0 Å². The van der Waals surface area contributed by atoms with Crippen LogP contribution >= 0.6 is 0 Å². The maximum absolute atomic E-state index is 11.2. The number of nitrogens with zero attached hydrogens (tertiary/aromatic N) is 1. The molecule has 1 fully saturated rings. The minimum atomic E-state index is -1.25. The molecule has 2 aromatic rings. The maximum Gasteiger partial charge on any atom is 3.00 e. The normalized spacial score (nSPS) is 9.69. The molecule has 0 aromatic heterocycles. The van der Waals surface area contributed by atoms with Gasteiger partial charge in [0, 0.05) is 11.1 Å². The predicted octanol–water partition coefficient (Wildman–Crippen LogP) is 2.79. The quantitative estimate of drug-likeness (QED) is 0.340. The van der Waals surface area contributed by atoms with Crippen LogP contribution in [-0.4, -0.2) is 29.6 Å². The summed E-state index contributed by atoms with van der Waals surface area (Å²) in [5.74, 6) is 6.31. The fraction of sp³-hybridized carbons (Fsp3) is 0.231. The van der Waals surface area contributed by atoms with Crippen molar-refractivity contribution in [1.29, 1.82) is 0 Å². The van der Waals surface area contributed by atoms with Crippen LogP contribution in [0.15, 0.2) is 60.7 Å². The zero-order valence-electron chi connectivity index (χ0n) is 18.8. The Bertz CT molecular complexity index is 836. The van der Waals surface area contributed by atoms with E-state index in [9.17, 15) is 5.11 Å². The summed E-state index contributed by atoms with van der Waals surface area (Å²) in [4.78, 5) is 2.34. The van der Waals surface area contributed by atoms with Crippen molar-refractivity contribution in [2.45, 2.75) is 18.4 Å². The molecule has 0 radical (unpaired) electrons. The van der Waals surface area contributed by atoms with Crippen molar-refractivity contribution in [2.75, 3.05) is 19.6 Å². The number of rotatable bonds is 3. The molecule has 0 atom stereocenters. The number of benzene rings is 2. The second-order valence-corrected chi connectivity index (χ2v) is 5.73. The molecule has 3 rings (SSSR count). The van der Waals surface area contributed by atoms with Gasteiger partial charge in [-0.1, -0.05) is 72.5 Å². The van der Waals surface area contributed by atoms with E-state index in [-0.39, 0.29) is 33.6 Å². The third-order valence-corrected chi connectivity index (χ3v) is 4.15. The summed E-state index contributed by atoms with van der Waals surface area (Å²) in [5.41, 5.74) is 0.382. The number of hydrogen-bond donors (Lipinski definition) is 1. The fourth-order valence-corrected chi connectivity index (χ4v) is 2.89. The van der Waals surface area contributed by atoms with Crippen molar-refractivity contribution in [2.24, 2.45) is 0 Å². The van der Waals surface area contributed by atoms with E-state index < -0.39 is 5.60 Å². The molecule has 184 valence electrons. The van der Waals surface area contributed by atoms with Crippen molar-refractivity contribution in [1.82, 2.24) is 4.90 Å². The Morgan fingerprint density at radius 2 is 0.944 bits per heavy atom. The van der Waals surface area contributed by atoms with E-state index in [4.69, 9.17) is 27.9 Å². The van der Waals surface area contributed by atoms with E-state index in [1.165, 1.54) is 12.8 Å². The Hall–Kier alpha value is -2.63. The summed E-state index contributed by atoms with van der Waals surface area (Å²) in [6.07, 6.45) is 2.51. The zero-order valence-corrected chi connectivity index (χ0v) is 20.9. The first-order valence-corrected chi connectivity index (χ1v) is 9.07. The molecule has 36 heavy (non-hydrogen) atoms. The molecule has 1 N–H and O–H groups in total. The molecule has 1 saturated heterocycles. The first-order chi connectivity index (χ1) is 16.8. The summed E-state index contributed by atoms with van der Waals surface area (Å²) in [5, 5.41) is 11.2. The van der Waals surface area contributed by atoms with Crippen LogP contribution < -0.4 is 0 Å². The molecule has 0 aliphatic carbocycles. The second-order valence-electron chi connectivity index (χ2n) is 5.73. The van der Waals surface area contributed by atoms with Gasteiger partial charge in [-0.25, -0.2) is 0 Å². The minimum absolute atomic E-state index is 0. The molecule has 8 nitrogen and oxygen atoms in total.